The summed E-state index contributed by atoms with van der Waals surface area (Å²) < 4.78 is 0. The Hall–Kier alpha value is -0.610. The smallest absolute Gasteiger partial charge is 0.223 e. The zero-order valence-corrected chi connectivity index (χ0v) is 12.8. The van der Waals surface area contributed by atoms with Crippen LogP contribution in [-0.4, -0.2) is 50.6 Å². The third kappa shape index (κ3) is 3.29. The number of amides is 1. The van der Waals surface area contributed by atoms with Crippen molar-refractivity contribution in [2.75, 3.05) is 33.7 Å². The zero-order valence-electron chi connectivity index (χ0n) is 12.8. The summed E-state index contributed by atoms with van der Waals surface area (Å²) in [6, 6.07) is 0.423. The van der Waals surface area contributed by atoms with Crippen LogP contribution in [0.3, 0.4) is 0 Å². The minimum atomic E-state index is 0.282. The van der Waals surface area contributed by atoms with Crippen molar-refractivity contribution in [2.45, 2.75) is 39.2 Å². The van der Waals surface area contributed by atoms with Crippen LogP contribution >= 0.6 is 0 Å². The van der Waals surface area contributed by atoms with Gasteiger partial charge in [0.1, 0.15) is 0 Å². The molecule has 1 spiro atoms. The van der Waals surface area contributed by atoms with Crippen LogP contribution in [-0.2, 0) is 4.79 Å². The average molecular weight is 267 g/mol. The number of hydrogen-bond donors (Lipinski definition) is 2. The van der Waals surface area contributed by atoms with Gasteiger partial charge in [-0.1, -0.05) is 13.8 Å². The predicted octanol–water partition coefficient (Wildman–Crippen LogP) is 1.08. The number of carbonyl (C=O) groups excluding carboxylic acids is 1. The van der Waals surface area contributed by atoms with Crippen LogP contribution in [0.4, 0.5) is 0 Å². The first-order valence-corrected chi connectivity index (χ1v) is 7.61. The molecular weight excluding hydrogens is 238 g/mol. The molecule has 2 fully saturated rings. The van der Waals surface area contributed by atoms with E-state index in [1.54, 1.807) is 0 Å². The van der Waals surface area contributed by atoms with Crippen molar-refractivity contribution < 1.29 is 4.79 Å². The third-order valence-electron chi connectivity index (χ3n) is 5.02. The van der Waals surface area contributed by atoms with Gasteiger partial charge in [0.2, 0.25) is 5.91 Å². The fourth-order valence-corrected chi connectivity index (χ4v) is 3.54. The van der Waals surface area contributed by atoms with Gasteiger partial charge in [0.25, 0.3) is 0 Å². The van der Waals surface area contributed by atoms with Gasteiger partial charge < -0.3 is 15.5 Å². The molecule has 1 saturated carbocycles. The van der Waals surface area contributed by atoms with Crippen LogP contribution in [0, 0.1) is 17.3 Å². The summed E-state index contributed by atoms with van der Waals surface area (Å²) >= 11 is 0. The SMILES string of the molecule is CC(C)C(CNC(=O)C1CC12CCNCC2)N(C)C. The summed E-state index contributed by atoms with van der Waals surface area (Å²) in [6.45, 7) is 7.35. The molecule has 2 N–H and O–H groups in total. The van der Waals surface area contributed by atoms with E-state index in [2.05, 4.69) is 43.5 Å². The van der Waals surface area contributed by atoms with Crippen LogP contribution < -0.4 is 10.6 Å². The molecule has 0 radical (unpaired) electrons. The molecular formula is C15H29N3O. The molecule has 110 valence electrons. The molecule has 19 heavy (non-hydrogen) atoms. The van der Waals surface area contributed by atoms with Gasteiger partial charge in [-0.25, -0.2) is 0 Å². The first-order valence-electron chi connectivity index (χ1n) is 7.61. The number of likely N-dealkylation sites (N-methyl/N-ethyl adjacent to an activating group) is 1. The van der Waals surface area contributed by atoms with Crippen molar-refractivity contribution in [2.24, 2.45) is 17.3 Å². The molecule has 2 unspecified atom stereocenters. The first-order chi connectivity index (χ1) is 8.96. The average Bonchev–Trinajstić information content (AvgIpc) is 3.03. The molecule has 4 heteroatoms. The van der Waals surface area contributed by atoms with Gasteiger partial charge in [0.05, 0.1) is 0 Å². The highest BCUT2D eigenvalue weighted by atomic mass is 16.2. The van der Waals surface area contributed by atoms with Crippen LogP contribution in [0.1, 0.15) is 33.1 Å². The second-order valence-corrected chi connectivity index (χ2v) is 6.89. The molecule has 2 rings (SSSR count). The van der Waals surface area contributed by atoms with E-state index in [0.717, 1.165) is 26.1 Å². The molecule has 1 saturated heterocycles. The minimum Gasteiger partial charge on any atom is -0.354 e. The fourth-order valence-electron chi connectivity index (χ4n) is 3.54. The maximum atomic E-state index is 12.3. The van der Waals surface area contributed by atoms with Crippen molar-refractivity contribution in [3.8, 4) is 0 Å². The summed E-state index contributed by atoms with van der Waals surface area (Å²) in [7, 11) is 4.17. The number of piperidine rings is 1. The molecule has 0 aromatic rings. The van der Waals surface area contributed by atoms with Crippen molar-refractivity contribution in [1.82, 2.24) is 15.5 Å². The van der Waals surface area contributed by atoms with E-state index >= 15 is 0 Å². The Bertz CT molecular complexity index is 313. The van der Waals surface area contributed by atoms with Gasteiger partial charge in [0, 0.05) is 18.5 Å². The largest absolute Gasteiger partial charge is 0.354 e. The van der Waals surface area contributed by atoms with Gasteiger partial charge in [-0.05, 0) is 57.8 Å². The van der Waals surface area contributed by atoms with Gasteiger partial charge in [-0.2, -0.15) is 0 Å². The normalized spacial score (nSPS) is 26.7. The molecule has 0 bridgehead atoms. The maximum absolute atomic E-state index is 12.3. The van der Waals surface area contributed by atoms with Crippen LogP contribution in [0.5, 0.6) is 0 Å². The molecule has 1 aliphatic carbocycles. The van der Waals surface area contributed by atoms with Crippen LogP contribution in [0.2, 0.25) is 0 Å². The Morgan fingerprint density at radius 1 is 1.37 bits per heavy atom. The van der Waals surface area contributed by atoms with Gasteiger partial charge >= 0.3 is 0 Å². The number of nitrogens with zero attached hydrogens (tertiary/aromatic N) is 1. The summed E-state index contributed by atoms with van der Waals surface area (Å²) in [5.74, 6) is 1.13. The lowest BCUT2D eigenvalue weighted by Crippen LogP contribution is -2.44. The predicted molar refractivity (Wildman–Crippen MR) is 78.0 cm³/mol. The Morgan fingerprint density at radius 2 is 2.00 bits per heavy atom. The first kappa shape index (κ1) is 14.8. The quantitative estimate of drug-likeness (QED) is 0.783. The van der Waals surface area contributed by atoms with Gasteiger partial charge in [-0.3, -0.25) is 4.79 Å². The van der Waals surface area contributed by atoms with Crippen LogP contribution in [0.15, 0.2) is 0 Å². The molecule has 1 aliphatic heterocycles. The van der Waals surface area contributed by atoms with Crippen molar-refractivity contribution in [1.29, 1.82) is 0 Å². The van der Waals surface area contributed by atoms with Crippen molar-refractivity contribution >= 4 is 5.91 Å². The Labute approximate surface area is 117 Å². The summed E-state index contributed by atoms with van der Waals surface area (Å²) in [6.07, 6.45) is 3.45. The molecule has 2 aliphatic rings. The minimum absolute atomic E-state index is 0.282. The molecule has 2 atom stereocenters. The summed E-state index contributed by atoms with van der Waals surface area (Å²) in [5.41, 5.74) is 0.348. The topological polar surface area (TPSA) is 44.4 Å². The molecule has 1 heterocycles. The standard InChI is InChI=1S/C15H29N3O/c1-11(2)13(18(3)4)10-17-14(19)12-9-15(12)5-7-16-8-6-15/h11-13,16H,5-10H2,1-4H3,(H,17,19). The number of carbonyl (C=O) groups is 1. The van der Waals surface area contributed by atoms with Crippen molar-refractivity contribution in [3.63, 3.8) is 0 Å². The lowest BCUT2D eigenvalue weighted by molar-refractivity contribution is -0.123. The van der Waals surface area contributed by atoms with E-state index in [1.165, 1.54) is 12.8 Å². The Morgan fingerprint density at radius 3 is 2.53 bits per heavy atom. The van der Waals surface area contributed by atoms with Gasteiger partial charge in [0.15, 0.2) is 0 Å². The maximum Gasteiger partial charge on any atom is 0.223 e. The monoisotopic (exact) mass is 267 g/mol. The summed E-state index contributed by atoms with van der Waals surface area (Å²) in [4.78, 5) is 14.5. The third-order valence-corrected chi connectivity index (χ3v) is 5.02. The Kier molecular flexibility index (Phi) is 4.51. The molecule has 1 amide bonds. The van der Waals surface area contributed by atoms with E-state index in [9.17, 15) is 4.79 Å². The molecule has 0 aromatic carbocycles. The summed E-state index contributed by atoms with van der Waals surface area (Å²) in [5, 5.41) is 6.56. The van der Waals surface area contributed by atoms with E-state index in [4.69, 9.17) is 0 Å². The molecule has 0 aromatic heterocycles. The fraction of sp³-hybridized carbons (Fsp3) is 0.933. The highest BCUT2D eigenvalue weighted by Gasteiger charge is 2.57. The van der Waals surface area contributed by atoms with Crippen molar-refractivity contribution in [3.05, 3.63) is 0 Å². The lowest BCUT2D eigenvalue weighted by Gasteiger charge is -2.28. The lowest BCUT2D eigenvalue weighted by atomic mass is 9.91. The van der Waals surface area contributed by atoms with E-state index in [1.807, 2.05) is 0 Å². The molecule has 4 nitrogen and oxygen atoms in total. The number of rotatable bonds is 5. The Balaban J connectivity index is 1.79. The highest BCUT2D eigenvalue weighted by molar-refractivity contribution is 5.82. The van der Waals surface area contributed by atoms with E-state index in [-0.39, 0.29) is 11.8 Å². The van der Waals surface area contributed by atoms with Gasteiger partial charge in [-0.15, -0.1) is 0 Å². The second kappa shape index (κ2) is 5.80. The van der Waals surface area contributed by atoms with E-state index < -0.39 is 0 Å². The second-order valence-electron chi connectivity index (χ2n) is 6.89. The highest BCUT2D eigenvalue weighted by Crippen LogP contribution is 2.58. The van der Waals surface area contributed by atoms with Crippen LogP contribution in [0.25, 0.3) is 0 Å². The number of hydrogen-bond acceptors (Lipinski definition) is 3. The zero-order chi connectivity index (χ0) is 14.0. The number of nitrogens with one attached hydrogen (secondary N) is 2. The van der Waals surface area contributed by atoms with E-state index in [0.29, 0.717) is 17.4 Å².